The van der Waals surface area contributed by atoms with Gasteiger partial charge in [-0.1, -0.05) is 6.07 Å². The van der Waals surface area contributed by atoms with Crippen molar-refractivity contribution in [3.05, 3.63) is 35.4 Å². The van der Waals surface area contributed by atoms with E-state index < -0.39 is 5.97 Å². The van der Waals surface area contributed by atoms with Crippen LogP contribution in [0.25, 0.3) is 5.69 Å². The van der Waals surface area contributed by atoms with E-state index in [0.717, 1.165) is 0 Å². The van der Waals surface area contributed by atoms with Crippen molar-refractivity contribution in [2.45, 2.75) is 18.7 Å². The lowest BCUT2D eigenvalue weighted by Gasteiger charge is -2.10. The SMILES string of the molecule is CSc1cccc(-n2nc(C)nc2C)c1C(=O)O. The average molecular weight is 263 g/mol. The lowest BCUT2D eigenvalue weighted by atomic mass is 10.2. The van der Waals surface area contributed by atoms with Gasteiger partial charge >= 0.3 is 5.97 Å². The molecule has 0 bridgehead atoms. The fourth-order valence-electron chi connectivity index (χ4n) is 1.83. The van der Waals surface area contributed by atoms with E-state index in [0.29, 0.717) is 22.2 Å². The van der Waals surface area contributed by atoms with Crippen LogP contribution in [0.3, 0.4) is 0 Å². The standard InChI is InChI=1S/C12H13N3O2S/c1-7-13-8(2)15(14-7)9-5-4-6-10(18-3)11(9)12(16)17/h4-6H,1-3H3,(H,16,17). The third-order valence-electron chi connectivity index (χ3n) is 2.54. The van der Waals surface area contributed by atoms with E-state index >= 15 is 0 Å². The van der Waals surface area contributed by atoms with E-state index in [4.69, 9.17) is 0 Å². The molecule has 0 saturated heterocycles. The van der Waals surface area contributed by atoms with Crippen molar-refractivity contribution in [3.8, 4) is 5.69 Å². The highest BCUT2D eigenvalue weighted by Crippen LogP contribution is 2.26. The summed E-state index contributed by atoms with van der Waals surface area (Å²) in [7, 11) is 0. The van der Waals surface area contributed by atoms with Crippen molar-refractivity contribution in [1.82, 2.24) is 14.8 Å². The van der Waals surface area contributed by atoms with Gasteiger partial charge in [-0.05, 0) is 32.2 Å². The van der Waals surface area contributed by atoms with Gasteiger partial charge in [0.1, 0.15) is 11.6 Å². The van der Waals surface area contributed by atoms with Gasteiger partial charge in [-0.25, -0.2) is 14.5 Å². The number of carboxylic acids is 1. The normalized spacial score (nSPS) is 10.6. The molecule has 0 atom stereocenters. The molecule has 0 fully saturated rings. The van der Waals surface area contributed by atoms with Crippen LogP contribution >= 0.6 is 11.8 Å². The van der Waals surface area contributed by atoms with Crippen LogP contribution in [0, 0.1) is 13.8 Å². The molecule has 1 N–H and O–H groups in total. The van der Waals surface area contributed by atoms with Crippen LogP contribution in [0.1, 0.15) is 22.0 Å². The second kappa shape index (κ2) is 4.81. The van der Waals surface area contributed by atoms with Gasteiger partial charge in [0, 0.05) is 4.90 Å². The van der Waals surface area contributed by atoms with Crippen molar-refractivity contribution in [2.75, 3.05) is 6.26 Å². The summed E-state index contributed by atoms with van der Waals surface area (Å²) in [6.07, 6.45) is 1.85. The van der Waals surface area contributed by atoms with E-state index in [1.807, 2.05) is 12.3 Å². The molecule has 1 heterocycles. The summed E-state index contributed by atoms with van der Waals surface area (Å²) in [4.78, 5) is 16.3. The molecule has 0 amide bonds. The summed E-state index contributed by atoms with van der Waals surface area (Å²) < 4.78 is 1.57. The smallest absolute Gasteiger partial charge is 0.339 e. The number of aromatic nitrogens is 3. The quantitative estimate of drug-likeness (QED) is 0.861. The van der Waals surface area contributed by atoms with Gasteiger partial charge in [0.15, 0.2) is 0 Å². The minimum atomic E-state index is -0.956. The Morgan fingerprint density at radius 3 is 2.61 bits per heavy atom. The molecule has 2 rings (SSSR count). The maximum atomic E-state index is 11.4. The number of hydrogen-bond acceptors (Lipinski definition) is 4. The summed E-state index contributed by atoms with van der Waals surface area (Å²) in [5.41, 5.74) is 0.811. The van der Waals surface area contributed by atoms with Gasteiger partial charge in [-0.15, -0.1) is 11.8 Å². The summed E-state index contributed by atoms with van der Waals surface area (Å²) >= 11 is 1.40. The van der Waals surface area contributed by atoms with Gasteiger partial charge in [0.2, 0.25) is 0 Å². The molecular weight excluding hydrogens is 250 g/mol. The minimum Gasteiger partial charge on any atom is -0.478 e. The van der Waals surface area contributed by atoms with Crippen LogP contribution < -0.4 is 0 Å². The van der Waals surface area contributed by atoms with E-state index in [1.54, 1.807) is 30.7 Å². The Morgan fingerprint density at radius 1 is 1.39 bits per heavy atom. The van der Waals surface area contributed by atoms with E-state index in [1.165, 1.54) is 11.8 Å². The second-order valence-corrected chi connectivity index (χ2v) is 4.63. The van der Waals surface area contributed by atoms with Crippen LogP contribution in [-0.4, -0.2) is 32.1 Å². The van der Waals surface area contributed by atoms with Crippen molar-refractivity contribution in [2.24, 2.45) is 0 Å². The Balaban J connectivity index is 2.71. The summed E-state index contributed by atoms with van der Waals surface area (Å²) in [6, 6.07) is 5.35. The van der Waals surface area contributed by atoms with Crippen LogP contribution in [0.2, 0.25) is 0 Å². The molecule has 0 spiro atoms. The first kappa shape index (κ1) is 12.6. The lowest BCUT2D eigenvalue weighted by Crippen LogP contribution is -2.09. The zero-order valence-electron chi connectivity index (χ0n) is 10.3. The number of rotatable bonds is 3. The number of aryl methyl sites for hydroxylation is 2. The van der Waals surface area contributed by atoms with Crippen LogP contribution in [0.5, 0.6) is 0 Å². The molecular formula is C12H13N3O2S. The fourth-order valence-corrected chi connectivity index (χ4v) is 2.44. The van der Waals surface area contributed by atoms with Gasteiger partial charge < -0.3 is 5.11 Å². The zero-order valence-corrected chi connectivity index (χ0v) is 11.2. The van der Waals surface area contributed by atoms with Crippen LogP contribution in [-0.2, 0) is 0 Å². The summed E-state index contributed by atoms with van der Waals surface area (Å²) in [5, 5.41) is 13.6. The molecule has 6 heteroatoms. The van der Waals surface area contributed by atoms with Gasteiger partial charge in [0.25, 0.3) is 0 Å². The number of carbonyl (C=O) groups is 1. The maximum Gasteiger partial charge on any atom is 0.339 e. The first-order chi connectivity index (χ1) is 8.54. The van der Waals surface area contributed by atoms with Crippen LogP contribution in [0.15, 0.2) is 23.1 Å². The number of aromatic carboxylic acids is 1. The largest absolute Gasteiger partial charge is 0.478 e. The molecule has 5 nitrogen and oxygen atoms in total. The Morgan fingerprint density at radius 2 is 2.11 bits per heavy atom. The summed E-state index contributed by atoms with van der Waals surface area (Å²) in [6.45, 7) is 3.58. The maximum absolute atomic E-state index is 11.4. The Kier molecular flexibility index (Phi) is 3.38. The average Bonchev–Trinajstić information content (AvgIpc) is 2.67. The monoisotopic (exact) mass is 263 g/mol. The van der Waals surface area contributed by atoms with E-state index in [9.17, 15) is 9.90 Å². The van der Waals surface area contributed by atoms with Gasteiger partial charge in [-0.3, -0.25) is 0 Å². The first-order valence-corrected chi connectivity index (χ1v) is 6.58. The number of thioether (sulfide) groups is 1. The van der Waals surface area contributed by atoms with Crippen molar-refractivity contribution >= 4 is 17.7 Å². The number of hydrogen-bond donors (Lipinski definition) is 1. The Labute approximate surface area is 109 Å². The number of nitrogens with zero attached hydrogens (tertiary/aromatic N) is 3. The van der Waals surface area contributed by atoms with Gasteiger partial charge in [-0.2, -0.15) is 5.10 Å². The predicted octanol–water partition coefficient (Wildman–Crippen LogP) is 2.30. The Hall–Kier alpha value is -1.82. The molecule has 18 heavy (non-hydrogen) atoms. The molecule has 0 unspecified atom stereocenters. The second-order valence-electron chi connectivity index (χ2n) is 3.78. The zero-order chi connectivity index (χ0) is 13.3. The highest BCUT2D eigenvalue weighted by molar-refractivity contribution is 7.98. The van der Waals surface area contributed by atoms with Crippen molar-refractivity contribution < 1.29 is 9.90 Å². The number of carboxylic acid groups (broad SMARTS) is 1. The third-order valence-corrected chi connectivity index (χ3v) is 3.32. The molecule has 0 radical (unpaired) electrons. The van der Waals surface area contributed by atoms with Crippen molar-refractivity contribution in [1.29, 1.82) is 0 Å². The third kappa shape index (κ3) is 2.11. The molecule has 0 aliphatic heterocycles. The molecule has 0 aliphatic carbocycles. The van der Waals surface area contributed by atoms with E-state index in [-0.39, 0.29) is 5.56 Å². The van der Waals surface area contributed by atoms with Crippen LogP contribution in [0.4, 0.5) is 0 Å². The molecule has 0 saturated carbocycles. The predicted molar refractivity (Wildman–Crippen MR) is 69.6 cm³/mol. The molecule has 1 aromatic heterocycles. The molecule has 1 aromatic carbocycles. The highest BCUT2D eigenvalue weighted by Gasteiger charge is 2.18. The highest BCUT2D eigenvalue weighted by atomic mass is 32.2. The topological polar surface area (TPSA) is 68.0 Å². The first-order valence-electron chi connectivity index (χ1n) is 5.35. The molecule has 2 aromatic rings. The fraction of sp³-hybridized carbons (Fsp3) is 0.250. The van der Waals surface area contributed by atoms with Gasteiger partial charge in [0.05, 0.1) is 11.3 Å². The summed E-state index contributed by atoms with van der Waals surface area (Å²) in [5.74, 6) is 0.342. The molecule has 0 aliphatic rings. The number of benzene rings is 1. The molecule has 94 valence electrons. The Bertz CT molecular complexity index is 607. The lowest BCUT2D eigenvalue weighted by molar-refractivity contribution is 0.0693. The minimum absolute atomic E-state index is 0.262. The van der Waals surface area contributed by atoms with Crippen molar-refractivity contribution in [3.63, 3.8) is 0 Å². The van der Waals surface area contributed by atoms with E-state index in [2.05, 4.69) is 10.1 Å².